The van der Waals surface area contributed by atoms with Gasteiger partial charge in [0.2, 0.25) is 0 Å². The van der Waals surface area contributed by atoms with Crippen LogP contribution in [0.3, 0.4) is 0 Å². The van der Waals surface area contributed by atoms with Crippen LogP contribution in [0.1, 0.15) is 24.5 Å². The fourth-order valence-electron chi connectivity index (χ4n) is 5.27. The van der Waals surface area contributed by atoms with Crippen molar-refractivity contribution in [3.63, 3.8) is 0 Å². The zero-order valence-corrected chi connectivity index (χ0v) is 21.0. The van der Waals surface area contributed by atoms with Crippen molar-refractivity contribution in [1.82, 2.24) is 10.2 Å². The molecule has 3 heterocycles. The molecule has 2 aromatic rings. The zero-order chi connectivity index (χ0) is 24.0. The number of halogens is 1. The summed E-state index contributed by atoms with van der Waals surface area (Å²) in [6.45, 7) is 9.53. The Labute approximate surface area is 204 Å². The molecule has 1 aromatic carbocycles. The van der Waals surface area contributed by atoms with Crippen LogP contribution in [-0.2, 0) is 4.74 Å². The molecule has 34 heavy (non-hydrogen) atoms. The van der Waals surface area contributed by atoms with Crippen LogP contribution in [0.4, 0.5) is 9.39 Å². The summed E-state index contributed by atoms with van der Waals surface area (Å²) in [4.78, 5) is 6.47. The van der Waals surface area contributed by atoms with Crippen molar-refractivity contribution in [2.45, 2.75) is 19.4 Å². The first kappa shape index (κ1) is 23.3. The van der Waals surface area contributed by atoms with E-state index < -0.39 is 0 Å². The van der Waals surface area contributed by atoms with Gasteiger partial charge in [0.1, 0.15) is 16.9 Å². The number of nitrogen functional groups attached to an aromatic ring is 1. The van der Waals surface area contributed by atoms with Crippen LogP contribution < -0.4 is 11.1 Å². The van der Waals surface area contributed by atoms with Crippen LogP contribution in [0.2, 0.25) is 0 Å². The summed E-state index contributed by atoms with van der Waals surface area (Å²) in [6, 6.07) is 5.13. The van der Waals surface area contributed by atoms with Gasteiger partial charge in [0.15, 0.2) is 0 Å². The van der Waals surface area contributed by atoms with Gasteiger partial charge in [-0.15, -0.1) is 20.6 Å². The molecule has 3 unspecified atom stereocenters. The Hall–Kier alpha value is -2.40. The smallest absolute Gasteiger partial charge is 0.131 e. The number of thiophene rings is 1. The highest BCUT2D eigenvalue weighted by Gasteiger charge is 2.37. The molecule has 1 fully saturated rings. The molecule has 5 rings (SSSR count). The molecule has 9 heteroatoms. The van der Waals surface area contributed by atoms with Crippen molar-refractivity contribution < 1.29 is 9.13 Å². The van der Waals surface area contributed by atoms with E-state index in [1.165, 1.54) is 23.8 Å². The number of nitriles is 1. The standard InChI is InChI=1S/C25H27FN5OPS/c1-13-5-6-31(9-13)12-30-23-15(8-29-2)16-10-32-11-17(16)21(24(23)33)22-18(26)3-4-19-20(22)14(7-27)25(28)34-19/h3-4,8,13,23,30H,2,5-6,9-12,28,33H2,1H3/b15-8-. The van der Waals surface area contributed by atoms with Gasteiger partial charge in [0.05, 0.1) is 24.8 Å². The first-order chi connectivity index (χ1) is 16.4. The monoisotopic (exact) mass is 495 g/mol. The lowest BCUT2D eigenvalue weighted by Gasteiger charge is -2.32. The van der Waals surface area contributed by atoms with E-state index in [9.17, 15) is 5.26 Å². The molecule has 3 atom stereocenters. The molecule has 0 radical (unpaired) electrons. The summed E-state index contributed by atoms with van der Waals surface area (Å²) in [6.07, 6.45) is 2.96. The maximum atomic E-state index is 15.6. The number of aliphatic imine (C=N–C) groups is 1. The number of likely N-dealkylation sites (tertiary alicyclic amines) is 1. The van der Waals surface area contributed by atoms with Crippen LogP contribution in [0, 0.1) is 23.1 Å². The third-order valence-corrected chi connectivity index (χ3v) is 8.48. The van der Waals surface area contributed by atoms with Crippen molar-refractivity contribution in [2.24, 2.45) is 10.9 Å². The van der Waals surface area contributed by atoms with Gasteiger partial charge in [-0.05, 0) is 65.3 Å². The minimum atomic E-state index is -0.378. The quantitative estimate of drug-likeness (QED) is 0.478. The molecule has 1 aliphatic carbocycles. The van der Waals surface area contributed by atoms with Gasteiger partial charge in [-0.1, -0.05) is 6.92 Å². The molecule has 3 aliphatic rings. The van der Waals surface area contributed by atoms with E-state index in [4.69, 9.17) is 10.5 Å². The van der Waals surface area contributed by atoms with E-state index in [-0.39, 0.29) is 11.9 Å². The molecule has 0 amide bonds. The molecule has 176 valence electrons. The minimum absolute atomic E-state index is 0.210. The molecule has 2 aliphatic heterocycles. The number of ether oxygens (including phenoxy) is 1. The van der Waals surface area contributed by atoms with E-state index in [1.807, 2.05) is 0 Å². The van der Waals surface area contributed by atoms with Crippen molar-refractivity contribution in [3.8, 4) is 6.07 Å². The summed E-state index contributed by atoms with van der Waals surface area (Å²) in [5, 5.41) is 15.4. The van der Waals surface area contributed by atoms with E-state index in [0.717, 1.165) is 45.4 Å². The summed E-state index contributed by atoms with van der Waals surface area (Å²) in [5.74, 6) is 0.300. The maximum Gasteiger partial charge on any atom is 0.131 e. The number of benzene rings is 1. The number of anilines is 1. The molecule has 0 saturated carbocycles. The van der Waals surface area contributed by atoms with Crippen LogP contribution in [0.15, 0.2) is 45.4 Å². The lowest BCUT2D eigenvalue weighted by molar-refractivity contribution is 0.206. The fourth-order valence-corrected chi connectivity index (χ4v) is 6.81. The first-order valence-corrected chi connectivity index (χ1v) is 12.7. The van der Waals surface area contributed by atoms with E-state index in [1.54, 1.807) is 12.3 Å². The topological polar surface area (TPSA) is 86.7 Å². The van der Waals surface area contributed by atoms with Crippen molar-refractivity contribution in [2.75, 3.05) is 38.7 Å². The van der Waals surface area contributed by atoms with Crippen LogP contribution >= 0.6 is 20.6 Å². The maximum absolute atomic E-state index is 15.6. The number of nitrogens with one attached hydrogen (secondary N) is 1. The summed E-state index contributed by atoms with van der Waals surface area (Å²) < 4.78 is 22.2. The van der Waals surface area contributed by atoms with Crippen LogP contribution in [-0.4, -0.2) is 50.6 Å². The van der Waals surface area contributed by atoms with Gasteiger partial charge >= 0.3 is 0 Å². The fraction of sp³-hybridized carbons (Fsp3) is 0.360. The SMILES string of the molecule is C=N/C=C1/C2=C(COC2)C(c2c(F)ccc3sc(N)c(C#N)c23)=C(P)C1NCN1CCC(C)C1. The predicted molar refractivity (Wildman–Crippen MR) is 140 cm³/mol. The Kier molecular flexibility index (Phi) is 6.41. The first-order valence-electron chi connectivity index (χ1n) is 11.3. The molecular formula is C25H27FN5OPS. The van der Waals surface area contributed by atoms with Gasteiger partial charge in [-0.2, -0.15) is 5.26 Å². The molecule has 1 saturated heterocycles. The molecule has 0 bridgehead atoms. The molecule has 6 nitrogen and oxygen atoms in total. The zero-order valence-electron chi connectivity index (χ0n) is 19.0. The Morgan fingerprint density at radius 1 is 1.44 bits per heavy atom. The highest BCUT2D eigenvalue weighted by Crippen LogP contribution is 2.49. The summed E-state index contributed by atoms with van der Waals surface area (Å²) >= 11 is 1.31. The van der Waals surface area contributed by atoms with Crippen molar-refractivity contribution in [3.05, 3.63) is 57.3 Å². The van der Waals surface area contributed by atoms with Gasteiger partial charge < -0.3 is 10.5 Å². The number of hydrogen-bond acceptors (Lipinski definition) is 7. The van der Waals surface area contributed by atoms with Crippen molar-refractivity contribution >= 4 is 48.0 Å². The van der Waals surface area contributed by atoms with Crippen LogP contribution in [0.25, 0.3) is 15.7 Å². The summed E-state index contributed by atoms with van der Waals surface area (Å²) in [5.41, 5.74) is 10.6. The van der Waals surface area contributed by atoms with Gasteiger partial charge in [-0.3, -0.25) is 15.2 Å². The largest absolute Gasteiger partial charge is 0.389 e. The third-order valence-electron chi connectivity index (χ3n) is 6.87. The van der Waals surface area contributed by atoms with E-state index in [0.29, 0.717) is 47.3 Å². The second-order valence-electron chi connectivity index (χ2n) is 9.06. The summed E-state index contributed by atoms with van der Waals surface area (Å²) in [7, 11) is 2.83. The lowest BCUT2D eigenvalue weighted by atomic mass is 9.81. The Bertz CT molecular complexity index is 1320. The minimum Gasteiger partial charge on any atom is -0.389 e. The Morgan fingerprint density at radius 2 is 2.24 bits per heavy atom. The molecular weight excluding hydrogens is 468 g/mol. The number of rotatable bonds is 5. The van der Waals surface area contributed by atoms with Crippen molar-refractivity contribution in [1.29, 1.82) is 5.26 Å². The molecule has 3 N–H and O–H groups in total. The van der Waals surface area contributed by atoms with Gasteiger partial charge in [0.25, 0.3) is 0 Å². The van der Waals surface area contributed by atoms with Gasteiger partial charge in [-0.25, -0.2) is 4.39 Å². The highest BCUT2D eigenvalue weighted by molar-refractivity contribution is 7.23. The number of hydrogen-bond donors (Lipinski definition) is 2. The van der Waals surface area contributed by atoms with E-state index >= 15 is 4.39 Å². The van der Waals surface area contributed by atoms with Gasteiger partial charge in [0, 0.05) is 35.1 Å². The van der Waals surface area contributed by atoms with E-state index in [2.05, 4.69) is 44.2 Å². The lowest BCUT2D eigenvalue weighted by Crippen LogP contribution is -2.42. The molecule has 1 aromatic heterocycles. The highest BCUT2D eigenvalue weighted by atomic mass is 32.1. The second-order valence-corrected chi connectivity index (χ2v) is 10.8. The van der Waals surface area contributed by atoms with Crippen LogP contribution in [0.5, 0.6) is 0 Å². The molecule has 0 spiro atoms. The normalized spacial score (nSPS) is 24.4. The predicted octanol–water partition coefficient (Wildman–Crippen LogP) is 4.26. The second kappa shape index (κ2) is 9.33. The number of nitrogens with zero attached hydrogens (tertiary/aromatic N) is 3. The number of fused-ring (bicyclic) bond motifs is 1. The average molecular weight is 496 g/mol. The number of nitrogens with two attached hydrogens (primary N) is 1. The Morgan fingerprint density at radius 3 is 2.94 bits per heavy atom. The third kappa shape index (κ3) is 3.82. The average Bonchev–Trinajstić information content (AvgIpc) is 3.53. The Balaban J connectivity index is 1.69.